The zero-order valence-corrected chi connectivity index (χ0v) is 14.4. The number of non-ortho nitro benzene ring substituents is 1. The second kappa shape index (κ2) is 6.86. The number of aryl methyl sites for hydroxylation is 1. The van der Waals surface area contributed by atoms with Crippen molar-refractivity contribution in [2.24, 2.45) is 12.0 Å². The smallest absolute Gasteiger partial charge is 0.279 e. The molecule has 1 amide bonds. The average Bonchev–Trinajstić information content (AvgIpc) is 2.92. The summed E-state index contributed by atoms with van der Waals surface area (Å²) in [5, 5.41) is 10.7. The summed E-state index contributed by atoms with van der Waals surface area (Å²) in [5.74, 6) is 0.290. The Morgan fingerprint density at radius 1 is 1.28 bits per heavy atom. The molecule has 0 radical (unpaired) electrons. The summed E-state index contributed by atoms with van der Waals surface area (Å²) in [7, 11) is 1.82. The first-order chi connectivity index (χ1) is 12.0. The van der Waals surface area contributed by atoms with Crippen molar-refractivity contribution in [1.82, 2.24) is 4.57 Å². The Labute approximate surface area is 147 Å². The highest BCUT2D eigenvalue weighted by Gasteiger charge is 2.12. The van der Waals surface area contributed by atoms with Crippen molar-refractivity contribution in [3.05, 3.63) is 62.9 Å². The Balaban J connectivity index is 2.03. The van der Waals surface area contributed by atoms with Gasteiger partial charge in [0.1, 0.15) is 11.3 Å². The minimum atomic E-state index is -0.507. The van der Waals surface area contributed by atoms with Crippen molar-refractivity contribution >= 4 is 33.1 Å². The van der Waals surface area contributed by atoms with Gasteiger partial charge >= 0.3 is 0 Å². The normalized spacial score (nSPS) is 11.7. The maximum absolute atomic E-state index is 12.4. The molecule has 2 aromatic carbocycles. The number of ether oxygens (including phenoxy) is 1. The van der Waals surface area contributed by atoms with Gasteiger partial charge in [0.2, 0.25) is 0 Å². The van der Waals surface area contributed by atoms with Gasteiger partial charge in [-0.15, -0.1) is 0 Å². The highest BCUT2D eigenvalue weighted by molar-refractivity contribution is 7.16. The second-order valence-corrected chi connectivity index (χ2v) is 6.21. The number of aromatic nitrogens is 1. The number of rotatable bonds is 4. The first-order valence-electron chi connectivity index (χ1n) is 7.56. The number of nitro groups is 1. The van der Waals surface area contributed by atoms with E-state index in [2.05, 4.69) is 4.99 Å². The molecular weight excluding hydrogens is 342 g/mol. The van der Waals surface area contributed by atoms with Gasteiger partial charge in [-0.3, -0.25) is 14.9 Å². The van der Waals surface area contributed by atoms with Gasteiger partial charge in [0, 0.05) is 24.7 Å². The molecule has 1 aromatic heterocycles. The van der Waals surface area contributed by atoms with Crippen molar-refractivity contribution in [2.45, 2.75) is 6.92 Å². The Kier molecular flexibility index (Phi) is 4.62. The molecule has 0 fully saturated rings. The molecule has 1 heterocycles. The molecule has 8 heteroatoms. The molecule has 0 atom stereocenters. The van der Waals surface area contributed by atoms with Crippen LogP contribution in [0, 0.1) is 10.1 Å². The fourth-order valence-electron chi connectivity index (χ4n) is 2.42. The molecule has 0 saturated carbocycles. The van der Waals surface area contributed by atoms with Crippen LogP contribution in [0.3, 0.4) is 0 Å². The fraction of sp³-hybridized carbons (Fsp3) is 0.176. The number of thiazole rings is 1. The molecule has 7 nitrogen and oxygen atoms in total. The summed E-state index contributed by atoms with van der Waals surface area (Å²) in [4.78, 5) is 27.2. The Morgan fingerprint density at radius 3 is 2.64 bits per heavy atom. The minimum Gasteiger partial charge on any atom is -0.492 e. The van der Waals surface area contributed by atoms with Crippen molar-refractivity contribution in [3.8, 4) is 5.75 Å². The van der Waals surface area contributed by atoms with Crippen LogP contribution in [-0.4, -0.2) is 22.0 Å². The van der Waals surface area contributed by atoms with Crippen molar-refractivity contribution < 1.29 is 14.5 Å². The van der Waals surface area contributed by atoms with Crippen LogP contribution in [0.4, 0.5) is 5.69 Å². The Morgan fingerprint density at radius 2 is 2.00 bits per heavy atom. The van der Waals surface area contributed by atoms with E-state index >= 15 is 0 Å². The number of amides is 1. The second-order valence-electron chi connectivity index (χ2n) is 5.20. The standard InChI is InChI=1S/C17H15N3O4S/c1-3-24-13-5-4-6-14-15(13)19(2)17(25-14)18-16(21)11-7-9-12(10-8-11)20(22)23/h4-10H,3H2,1-2H3. The number of hydrogen-bond donors (Lipinski definition) is 0. The summed E-state index contributed by atoms with van der Waals surface area (Å²) >= 11 is 1.38. The quantitative estimate of drug-likeness (QED) is 0.529. The third kappa shape index (κ3) is 3.29. The number of hydrogen-bond acceptors (Lipinski definition) is 5. The Bertz CT molecular complexity index is 1020. The lowest BCUT2D eigenvalue weighted by atomic mass is 10.2. The number of benzene rings is 2. The largest absolute Gasteiger partial charge is 0.492 e. The third-order valence-electron chi connectivity index (χ3n) is 3.61. The SMILES string of the molecule is CCOc1cccc2sc(=NC(=O)c3ccc([N+](=O)[O-])cc3)n(C)c12. The molecular formula is C17H15N3O4S. The van der Waals surface area contributed by atoms with Gasteiger partial charge in [0.15, 0.2) is 4.80 Å². The van der Waals surface area contributed by atoms with Gasteiger partial charge in [-0.2, -0.15) is 4.99 Å². The van der Waals surface area contributed by atoms with Crippen LogP contribution in [0.1, 0.15) is 17.3 Å². The summed E-state index contributed by atoms with van der Waals surface area (Å²) in [6.07, 6.45) is 0. The highest BCUT2D eigenvalue weighted by atomic mass is 32.1. The molecule has 0 saturated heterocycles. The van der Waals surface area contributed by atoms with Crippen LogP contribution in [-0.2, 0) is 7.05 Å². The molecule has 0 bridgehead atoms. The predicted octanol–water partition coefficient (Wildman–Crippen LogP) is 3.29. The first kappa shape index (κ1) is 16.8. The zero-order valence-electron chi connectivity index (χ0n) is 13.6. The summed E-state index contributed by atoms with van der Waals surface area (Å²) in [6.45, 7) is 2.46. The van der Waals surface area contributed by atoms with E-state index in [-0.39, 0.29) is 5.69 Å². The van der Waals surface area contributed by atoms with Crippen molar-refractivity contribution in [1.29, 1.82) is 0 Å². The van der Waals surface area contributed by atoms with Gasteiger partial charge < -0.3 is 9.30 Å². The molecule has 0 unspecified atom stereocenters. The Hall–Kier alpha value is -3.00. The number of carbonyl (C=O) groups excluding carboxylic acids is 1. The monoisotopic (exact) mass is 357 g/mol. The number of para-hydroxylation sites is 1. The van der Waals surface area contributed by atoms with Gasteiger partial charge in [0.25, 0.3) is 11.6 Å². The molecule has 0 aliphatic carbocycles. The van der Waals surface area contributed by atoms with Crippen LogP contribution in [0.25, 0.3) is 10.2 Å². The maximum atomic E-state index is 12.4. The van der Waals surface area contributed by atoms with Gasteiger partial charge in [0.05, 0.1) is 16.2 Å². The third-order valence-corrected chi connectivity index (χ3v) is 4.70. The van der Waals surface area contributed by atoms with E-state index in [1.54, 1.807) is 0 Å². The number of nitrogens with zero attached hydrogens (tertiary/aromatic N) is 3. The molecule has 0 spiro atoms. The molecule has 0 aliphatic rings. The lowest BCUT2D eigenvalue weighted by molar-refractivity contribution is -0.384. The average molecular weight is 357 g/mol. The van der Waals surface area contributed by atoms with E-state index in [1.807, 2.05) is 36.7 Å². The highest BCUT2D eigenvalue weighted by Crippen LogP contribution is 2.26. The van der Waals surface area contributed by atoms with Crippen LogP contribution >= 0.6 is 11.3 Å². The van der Waals surface area contributed by atoms with E-state index in [0.29, 0.717) is 17.0 Å². The molecule has 25 heavy (non-hydrogen) atoms. The van der Waals surface area contributed by atoms with Crippen LogP contribution in [0.5, 0.6) is 5.75 Å². The lowest BCUT2D eigenvalue weighted by Gasteiger charge is -2.05. The minimum absolute atomic E-state index is 0.0645. The summed E-state index contributed by atoms with van der Waals surface area (Å²) in [5.41, 5.74) is 1.11. The van der Waals surface area contributed by atoms with E-state index in [0.717, 1.165) is 16.0 Å². The van der Waals surface area contributed by atoms with Crippen LogP contribution in [0.15, 0.2) is 47.5 Å². The van der Waals surface area contributed by atoms with Gasteiger partial charge in [-0.1, -0.05) is 17.4 Å². The maximum Gasteiger partial charge on any atom is 0.279 e. The molecule has 128 valence electrons. The van der Waals surface area contributed by atoms with E-state index in [4.69, 9.17) is 4.74 Å². The lowest BCUT2D eigenvalue weighted by Crippen LogP contribution is -2.13. The molecule has 0 N–H and O–H groups in total. The summed E-state index contributed by atoms with van der Waals surface area (Å²) in [6, 6.07) is 11.1. The number of fused-ring (bicyclic) bond motifs is 1. The summed E-state index contributed by atoms with van der Waals surface area (Å²) < 4.78 is 8.41. The molecule has 3 aromatic rings. The van der Waals surface area contributed by atoms with E-state index in [1.165, 1.54) is 35.6 Å². The van der Waals surface area contributed by atoms with Gasteiger partial charge in [-0.05, 0) is 31.2 Å². The van der Waals surface area contributed by atoms with E-state index < -0.39 is 10.8 Å². The van der Waals surface area contributed by atoms with Crippen LogP contribution in [0.2, 0.25) is 0 Å². The first-order valence-corrected chi connectivity index (χ1v) is 8.37. The van der Waals surface area contributed by atoms with Gasteiger partial charge in [-0.25, -0.2) is 0 Å². The zero-order chi connectivity index (χ0) is 18.0. The topological polar surface area (TPSA) is 86.7 Å². The van der Waals surface area contributed by atoms with Crippen LogP contribution < -0.4 is 9.54 Å². The molecule has 0 aliphatic heterocycles. The van der Waals surface area contributed by atoms with Crippen molar-refractivity contribution in [3.63, 3.8) is 0 Å². The van der Waals surface area contributed by atoms with Crippen molar-refractivity contribution in [2.75, 3.05) is 6.61 Å². The number of carbonyl (C=O) groups is 1. The number of nitro benzene ring substituents is 1. The van der Waals surface area contributed by atoms with E-state index in [9.17, 15) is 14.9 Å². The fourth-order valence-corrected chi connectivity index (χ4v) is 3.46. The molecule has 3 rings (SSSR count). The predicted molar refractivity (Wildman–Crippen MR) is 95.0 cm³/mol.